The Hall–Kier alpha value is -1.39. The molecule has 0 aliphatic heterocycles. The molecule has 0 aliphatic rings. The average Bonchev–Trinajstić information content (AvgIpc) is 2.73. The number of hydrogen-bond acceptors (Lipinski definition) is 2. The quantitative estimate of drug-likeness (QED) is 0.914. The maximum absolute atomic E-state index is 12.8. The van der Waals surface area contributed by atoms with Crippen molar-refractivity contribution in [1.29, 1.82) is 0 Å². The van der Waals surface area contributed by atoms with Crippen molar-refractivity contribution >= 4 is 12.4 Å². The first-order chi connectivity index (χ1) is 8.70. The van der Waals surface area contributed by atoms with E-state index in [-0.39, 0.29) is 18.2 Å². The molecule has 2 aromatic rings. The van der Waals surface area contributed by atoms with Crippen molar-refractivity contribution in [3.8, 4) is 0 Å². The Morgan fingerprint density at radius 3 is 2.53 bits per heavy atom. The first-order valence-electron chi connectivity index (χ1n) is 6.17. The Kier molecular flexibility index (Phi) is 5.99. The first kappa shape index (κ1) is 15.7. The van der Waals surface area contributed by atoms with Crippen LogP contribution in [0.5, 0.6) is 0 Å². The van der Waals surface area contributed by atoms with Gasteiger partial charge in [0.25, 0.3) is 0 Å². The van der Waals surface area contributed by atoms with Gasteiger partial charge in [-0.1, -0.05) is 12.1 Å². The van der Waals surface area contributed by atoms with Gasteiger partial charge in [-0.2, -0.15) is 5.10 Å². The number of rotatable bonds is 5. The Bertz CT molecular complexity index is 508. The standard InChI is InChI=1S/C14H18FN3.ClH/c1-3-18-14(11(2)8-17-18)10-16-9-12-4-6-13(15)7-5-12;/h4-8,16H,3,9-10H2,1-2H3;1H. The molecule has 1 heterocycles. The summed E-state index contributed by atoms with van der Waals surface area (Å²) in [6.45, 7) is 6.52. The van der Waals surface area contributed by atoms with Crippen LogP contribution in [0.1, 0.15) is 23.7 Å². The molecule has 0 bridgehead atoms. The van der Waals surface area contributed by atoms with E-state index in [9.17, 15) is 4.39 Å². The van der Waals surface area contributed by atoms with E-state index in [0.29, 0.717) is 0 Å². The van der Waals surface area contributed by atoms with Crippen molar-refractivity contribution in [3.05, 3.63) is 53.1 Å². The van der Waals surface area contributed by atoms with Crippen LogP contribution in [0.3, 0.4) is 0 Å². The Labute approximate surface area is 119 Å². The van der Waals surface area contributed by atoms with E-state index < -0.39 is 0 Å². The Morgan fingerprint density at radius 1 is 1.21 bits per heavy atom. The van der Waals surface area contributed by atoms with Crippen LogP contribution in [-0.4, -0.2) is 9.78 Å². The highest BCUT2D eigenvalue weighted by Gasteiger charge is 2.05. The van der Waals surface area contributed by atoms with E-state index in [2.05, 4.69) is 24.3 Å². The second kappa shape index (κ2) is 7.26. The molecule has 3 nitrogen and oxygen atoms in total. The second-order valence-electron chi connectivity index (χ2n) is 4.32. The van der Waals surface area contributed by atoms with Gasteiger partial charge in [0.2, 0.25) is 0 Å². The minimum atomic E-state index is -0.196. The maximum atomic E-state index is 12.8. The molecular weight excluding hydrogens is 265 g/mol. The molecule has 5 heteroatoms. The molecule has 0 unspecified atom stereocenters. The van der Waals surface area contributed by atoms with E-state index in [4.69, 9.17) is 0 Å². The molecule has 0 fully saturated rings. The molecule has 0 saturated heterocycles. The molecule has 1 aromatic carbocycles. The summed E-state index contributed by atoms with van der Waals surface area (Å²) < 4.78 is 14.7. The summed E-state index contributed by atoms with van der Waals surface area (Å²) in [6, 6.07) is 6.57. The van der Waals surface area contributed by atoms with Crippen molar-refractivity contribution in [3.63, 3.8) is 0 Å². The number of nitrogens with zero attached hydrogens (tertiary/aromatic N) is 2. The lowest BCUT2D eigenvalue weighted by molar-refractivity contribution is 0.579. The molecule has 0 spiro atoms. The van der Waals surface area contributed by atoms with Gasteiger partial charge in [-0.3, -0.25) is 4.68 Å². The minimum absolute atomic E-state index is 0. The molecule has 2 rings (SSSR count). The summed E-state index contributed by atoms with van der Waals surface area (Å²) >= 11 is 0. The average molecular weight is 284 g/mol. The van der Waals surface area contributed by atoms with Crippen LogP contribution in [0.2, 0.25) is 0 Å². The lowest BCUT2D eigenvalue weighted by atomic mass is 10.2. The third-order valence-corrected chi connectivity index (χ3v) is 2.99. The highest BCUT2D eigenvalue weighted by atomic mass is 35.5. The smallest absolute Gasteiger partial charge is 0.123 e. The van der Waals surface area contributed by atoms with Crippen molar-refractivity contribution < 1.29 is 4.39 Å². The molecule has 19 heavy (non-hydrogen) atoms. The molecule has 0 aliphatic carbocycles. The summed E-state index contributed by atoms with van der Waals surface area (Å²) in [5, 5.41) is 7.65. The zero-order valence-electron chi connectivity index (χ0n) is 11.2. The van der Waals surface area contributed by atoms with E-state index >= 15 is 0 Å². The zero-order chi connectivity index (χ0) is 13.0. The zero-order valence-corrected chi connectivity index (χ0v) is 12.0. The molecule has 104 valence electrons. The van der Waals surface area contributed by atoms with Gasteiger partial charge >= 0.3 is 0 Å². The van der Waals surface area contributed by atoms with Crippen molar-refractivity contribution in [1.82, 2.24) is 15.1 Å². The van der Waals surface area contributed by atoms with Crippen molar-refractivity contribution in [2.75, 3.05) is 0 Å². The van der Waals surface area contributed by atoms with Crippen LogP contribution in [0, 0.1) is 12.7 Å². The third-order valence-electron chi connectivity index (χ3n) is 2.99. The van der Waals surface area contributed by atoms with Crippen LogP contribution in [-0.2, 0) is 19.6 Å². The van der Waals surface area contributed by atoms with Crippen LogP contribution >= 0.6 is 12.4 Å². The monoisotopic (exact) mass is 283 g/mol. The van der Waals surface area contributed by atoms with Gasteiger partial charge < -0.3 is 5.32 Å². The van der Waals surface area contributed by atoms with E-state index in [1.807, 2.05) is 10.9 Å². The van der Waals surface area contributed by atoms with Gasteiger partial charge in [-0.25, -0.2) is 4.39 Å². The summed E-state index contributed by atoms with van der Waals surface area (Å²) in [7, 11) is 0. The van der Waals surface area contributed by atoms with Gasteiger partial charge in [0.1, 0.15) is 5.82 Å². The largest absolute Gasteiger partial charge is 0.307 e. The molecule has 0 atom stereocenters. The van der Waals surface area contributed by atoms with Gasteiger partial charge in [0.05, 0.1) is 11.9 Å². The van der Waals surface area contributed by atoms with Crippen LogP contribution in [0.25, 0.3) is 0 Å². The molecule has 0 saturated carbocycles. The fourth-order valence-corrected chi connectivity index (χ4v) is 1.93. The molecule has 1 aromatic heterocycles. The van der Waals surface area contributed by atoms with Crippen molar-refractivity contribution in [2.24, 2.45) is 0 Å². The second-order valence-corrected chi connectivity index (χ2v) is 4.32. The predicted octanol–water partition coefficient (Wildman–Crippen LogP) is 3.06. The normalized spacial score (nSPS) is 10.3. The van der Waals surface area contributed by atoms with Crippen molar-refractivity contribution in [2.45, 2.75) is 33.5 Å². The number of aryl methyl sites for hydroxylation is 2. The van der Waals surface area contributed by atoms with Gasteiger partial charge in [-0.15, -0.1) is 12.4 Å². The summed E-state index contributed by atoms with van der Waals surface area (Å²) in [4.78, 5) is 0. The third kappa shape index (κ3) is 4.04. The van der Waals surface area contributed by atoms with Crippen LogP contribution in [0.4, 0.5) is 4.39 Å². The predicted molar refractivity (Wildman–Crippen MR) is 76.8 cm³/mol. The summed E-state index contributed by atoms with van der Waals surface area (Å²) in [6.07, 6.45) is 1.89. The van der Waals surface area contributed by atoms with Gasteiger partial charge in [0.15, 0.2) is 0 Å². The van der Waals surface area contributed by atoms with E-state index in [0.717, 1.165) is 25.2 Å². The maximum Gasteiger partial charge on any atom is 0.123 e. The topological polar surface area (TPSA) is 29.9 Å². The Balaban J connectivity index is 0.00000180. The summed E-state index contributed by atoms with van der Waals surface area (Å²) in [5.41, 5.74) is 3.49. The number of hydrogen-bond donors (Lipinski definition) is 1. The molecular formula is C14H19ClFN3. The SMILES string of the molecule is CCn1ncc(C)c1CNCc1ccc(F)cc1.Cl. The summed E-state index contributed by atoms with van der Waals surface area (Å²) in [5.74, 6) is -0.196. The first-order valence-corrected chi connectivity index (χ1v) is 6.17. The number of nitrogens with one attached hydrogen (secondary N) is 1. The number of benzene rings is 1. The van der Waals surface area contributed by atoms with E-state index in [1.54, 1.807) is 12.1 Å². The fourth-order valence-electron chi connectivity index (χ4n) is 1.93. The minimum Gasteiger partial charge on any atom is -0.307 e. The molecule has 0 amide bonds. The lowest BCUT2D eigenvalue weighted by Crippen LogP contribution is -2.16. The molecule has 1 N–H and O–H groups in total. The van der Waals surface area contributed by atoms with E-state index in [1.165, 1.54) is 23.4 Å². The van der Waals surface area contributed by atoms with Gasteiger partial charge in [-0.05, 0) is 37.1 Å². The van der Waals surface area contributed by atoms with Crippen LogP contribution < -0.4 is 5.32 Å². The Morgan fingerprint density at radius 2 is 1.89 bits per heavy atom. The highest BCUT2D eigenvalue weighted by Crippen LogP contribution is 2.07. The van der Waals surface area contributed by atoms with Crippen LogP contribution in [0.15, 0.2) is 30.5 Å². The van der Waals surface area contributed by atoms with Gasteiger partial charge in [0, 0.05) is 19.6 Å². The number of aromatic nitrogens is 2. The fraction of sp³-hybridized carbons (Fsp3) is 0.357. The lowest BCUT2D eigenvalue weighted by Gasteiger charge is -2.08. The number of halogens is 2. The highest BCUT2D eigenvalue weighted by molar-refractivity contribution is 5.85. The molecule has 0 radical (unpaired) electrons.